The highest BCUT2D eigenvalue weighted by Gasteiger charge is 2.36. The molecule has 1 aliphatic carbocycles. The van der Waals surface area contributed by atoms with Crippen molar-refractivity contribution >= 4 is 27.6 Å². The number of carboxylic acid groups (broad SMARTS) is 1. The van der Waals surface area contributed by atoms with Gasteiger partial charge in [0.15, 0.2) is 6.61 Å². The van der Waals surface area contributed by atoms with Crippen molar-refractivity contribution in [3.05, 3.63) is 18.2 Å². The first-order valence-corrected chi connectivity index (χ1v) is 8.62. The zero-order valence-corrected chi connectivity index (χ0v) is 13.0. The molecular formula is C14H16N2O6S. The van der Waals surface area contributed by atoms with Crippen LogP contribution < -0.4 is 10.1 Å². The molecule has 0 spiro atoms. The molecule has 2 N–H and O–H groups in total. The molecule has 0 radical (unpaired) electrons. The third-order valence-electron chi connectivity index (χ3n) is 3.96. The smallest absolute Gasteiger partial charge is 0.318 e. The number of rotatable bonds is 5. The fraction of sp³-hybridized carbons (Fsp3) is 0.429. The summed E-state index contributed by atoms with van der Waals surface area (Å²) in [5, 5.41) is 11.6. The third-order valence-corrected chi connectivity index (χ3v) is 5.86. The minimum absolute atomic E-state index is 0.0600. The third kappa shape index (κ3) is 3.02. The molecule has 0 bridgehead atoms. The van der Waals surface area contributed by atoms with Crippen LogP contribution in [-0.4, -0.2) is 48.9 Å². The van der Waals surface area contributed by atoms with Gasteiger partial charge in [0.25, 0.3) is 5.91 Å². The number of anilines is 1. The van der Waals surface area contributed by atoms with E-state index < -0.39 is 22.5 Å². The molecule has 0 atom stereocenters. The van der Waals surface area contributed by atoms with Gasteiger partial charge in [0.1, 0.15) is 12.3 Å². The average molecular weight is 340 g/mol. The van der Waals surface area contributed by atoms with Crippen LogP contribution in [0.5, 0.6) is 5.75 Å². The van der Waals surface area contributed by atoms with Crippen molar-refractivity contribution in [2.45, 2.75) is 30.2 Å². The summed E-state index contributed by atoms with van der Waals surface area (Å²) in [4.78, 5) is 22.3. The van der Waals surface area contributed by atoms with Crippen LogP contribution in [0.1, 0.15) is 19.3 Å². The molecule has 0 saturated heterocycles. The van der Waals surface area contributed by atoms with Crippen molar-refractivity contribution in [3.63, 3.8) is 0 Å². The molecule has 23 heavy (non-hydrogen) atoms. The molecule has 1 fully saturated rings. The fourth-order valence-electron chi connectivity index (χ4n) is 2.58. The Kier molecular flexibility index (Phi) is 3.99. The summed E-state index contributed by atoms with van der Waals surface area (Å²) in [5.41, 5.74) is 0.270. The molecule has 1 amide bonds. The van der Waals surface area contributed by atoms with Crippen molar-refractivity contribution in [2.24, 2.45) is 0 Å². The maximum absolute atomic E-state index is 12.8. The number of aliphatic carboxylic acids is 1. The Morgan fingerprint density at radius 2 is 2.13 bits per heavy atom. The number of ether oxygens (including phenoxy) is 1. The van der Waals surface area contributed by atoms with E-state index in [1.165, 1.54) is 18.2 Å². The Labute approximate surface area is 133 Å². The molecule has 1 heterocycles. The van der Waals surface area contributed by atoms with Gasteiger partial charge >= 0.3 is 5.97 Å². The summed E-state index contributed by atoms with van der Waals surface area (Å²) in [5.74, 6) is -1.18. The molecule has 0 unspecified atom stereocenters. The van der Waals surface area contributed by atoms with Gasteiger partial charge in [0, 0.05) is 6.04 Å². The van der Waals surface area contributed by atoms with Gasteiger partial charge in [-0.2, -0.15) is 4.31 Å². The lowest BCUT2D eigenvalue weighted by Crippen LogP contribution is -2.46. The van der Waals surface area contributed by atoms with E-state index in [-0.39, 0.29) is 29.1 Å². The Morgan fingerprint density at radius 1 is 1.39 bits per heavy atom. The number of hydrogen-bond acceptors (Lipinski definition) is 5. The summed E-state index contributed by atoms with van der Waals surface area (Å²) in [7, 11) is -3.96. The standard InChI is InChI=1S/C14H16N2O6S/c17-13-8-22-12-5-4-10(6-11(12)15-13)23(20,21)16(7-14(18)19)9-2-1-3-9/h4-6,9H,1-3,7-8H2,(H,15,17)(H,18,19). The average Bonchev–Trinajstić information content (AvgIpc) is 2.43. The maximum atomic E-state index is 12.8. The van der Waals surface area contributed by atoms with Gasteiger partial charge in [-0.1, -0.05) is 6.42 Å². The Hall–Kier alpha value is -2.13. The summed E-state index contributed by atoms with van der Waals surface area (Å²) < 4.78 is 31.8. The lowest BCUT2D eigenvalue weighted by Gasteiger charge is -2.35. The molecule has 0 aromatic heterocycles. The monoisotopic (exact) mass is 340 g/mol. The van der Waals surface area contributed by atoms with Crippen LogP contribution in [0.2, 0.25) is 0 Å². The van der Waals surface area contributed by atoms with Crippen LogP contribution in [0.3, 0.4) is 0 Å². The molecule has 9 heteroatoms. The van der Waals surface area contributed by atoms with Crippen LogP contribution >= 0.6 is 0 Å². The summed E-state index contributed by atoms with van der Waals surface area (Å²) in [6.07, 6.45) is 2.18. The van der Waals surface area contributed by atoms with Crippen molar-refractivity contribution in [2.75, 3.05) is 18.5 Å². The van der Waals surface area contributed by atoms with Crippen molar-refractivity contribution in [1.82, 2.24) is 4.31 Å². The van der Waals surface area contributed by atoms with E-state index in [1.54, 1.807) is 0 Å². The van der Waals surface area contributed by atoms with E-state index in [4.69, 9.17) is 9.84 Å². The van der Waals surface area contributed by atoms with E-state index in [1.807, 2.05) is 0 Å². The molecular weight excluding hydrogens is 324 g/mol. The topological polar surface area (TPSA) is 113 Å². The predicted molar refractivity (Wildman–Crippen MR) is 79.7 cm³/mol. The zero-order chi connectivity index (χ0) is 16.6. The minimum Gasteiger partial charge on any atom is -0.482 e. The molecule has 8 nitrogen and oxygen atoms in total. The van der Waals surface area contributed by atoms with Crippen LogP contribution in [-0.2, 0) is 19.6 Å². The van der Waals surface area contributed by atoms with Crippen LogP contribution in [0.4, 0.5) is 5.69 Å². The van der Waals surface area contributed by atoms with Gasteiger partial charge in [-0.15, -0.1) is 0 Å². The largest absolute Gasteiger partial charge is 0.482 e. The number of amides is 1. The second kappa shape index (κ2) is 5.82. The van der Waals surface area contributed by atoms with Crippen LogP contribution in [0.15, 0.2) is 23.1 Å². The molecule has 1 aliphatic heterocycles. The number of fused-ring (bicyclic) bond motifs is 1. The van der Waals surface area contributed by atoms with E-state index in [0.717, 1.165) is 10.7 Å². The number of carboxylic acids is 1. The highest BCUT2D eigenvalue weighted by Crippen LogP contribution is 2.34. The number of carbonyl (C=O) groups is 2. The lowest BCUT2D eigenvalue weighted by atomic mass is 9.93. The van der Waals surface area contributed by atoms with Gasteiger partial charge in [0.2, 0.25) is 10.0 Å². The van der Waals surface area contributed by atoms with Crippen molar-refractivity contribution in [3.8, 4) is 5.75 Å². The van der Waals surface area contributed by atoms with E-state index in [0.29, 0.717) is 18.6 Å². The molecule has 1 saturated carbocycles. The Balaban J connectivity index is 1.95. The number of hydrogen-bond donors (Lipinski definition) is 2. The van der Waals surface area contributed by atoms with Gasteiger partial charge < -0.3 is 15.2 Å². The predicted octanol–water partition coefficient (Wildman–Crippen LogP) is 0.645. The Bertz CT molecular complexity index is 757. The highest BCUT2D eigenvalue weighted by molar-refractivity contribution is 7.89. The second-order valence-corrected chi connectivity index (χ2v) is 7.41. The second-order valence-electron chi connectivity index (χ2n) is 5.52. The number of nitrogens with one attached hydrogen (secondary N) is 1. The van der Waals surface area contributed by atoms with Gasteiger partial charge in [-0.25, -0.2) is 8.42 Å². The lowest BCUT2D eigenvalue weighted by molar-refractivity contribution is -0.137. The van der Waals surface area contributed by atoms with E-state index in [2.05, 4.69) is 5.32 Å². The maximum Gasteiger partial charge on any atom is 0.318 e. The molecule has 1 aromatic rings. The molecule has 1 aromatic carbocycles. The summed E-state index contributed by atoms with van der Waals surface area (Å²) in [6.45, 7) is -0.695. The number of nitrogens with zero attached hydrogens (tertiary/aromatic N) is 1. The zero-order valence-electron chi connectivity index (χ0n) is 12.2. The Morgan fingerprint density at radius 3 is 2.74 bits per heavy atom. The van der Waals surface area contributed by atoms with E-state index in [9.17, 15) is 18.0 Å². The van der Waals surface area contributed by atoms with Gasteiger partial charge in [-0.3, -0.25) is 9.59 Å². The molecule has 3 rings (SSSR count). The van der Waals surface area contributed by atoms with Crippen molar-refractivity contribution in [1.29, 1.82) is 0 Å². The van der Waals surface area contributed by atoms with Crippen LogP contribution in [0, 0.1) is 0 Å². The SMILES string of the molecule is O=C(O)CN(C1CCC1)S(=O)(=O)c1ccc2c(c1)NC(=O)CO2. The van der Waals surface area contributed by atoms with Gasteiger partial charge in [0.05, 0.1) is 10.6 Å². The first-order chi connectivity index (χ1) is 10.9. The molecule has 2 aliphatic rings. The minimum atomic E-state index is -3.96. The number of sulfonamides is 1. The summed E-state index contributed by atoms with van der Waals surface area (Å²) in [6, 6.07) is 3.83. The number of benzene rings is 1. The van der Waals surface area contributed by atoms with E-state index >= 15 is 0 Å². The first kappa shape index (κ1) is 15.8. The highest BCUT2D eigenvalue weighted by atomic mass is 32.2. The fourth-order valence-corrected chi connectivity index (χ4v) is 4.24. The van der Waals surface area contributed by atoms with Crippen molar-refractivity contribution < 1.29 is 27.9 Å². The molecule has 124 valence electrons. The summed E-state index contributed by atoms with van der Waals surface area (Å²) >= 11 is 0. The normalized spacial score (nSPS) is 17.9. The first-order valence-electron chi connectivity index (χ1n) is 7.18. The van der Waals surface area contributed by atoms with Gasteiger partial charge in [-0.05, 0) is 31.0 Å². The quantitative estimate of drug-likeness (QED) is 0.813. The van der Waals surface area contributed by atoms with Crippen LogP contribution in [0.25, 0.3) is 0 Å². The number of carbonyl (C=O) groups excluding carboxylic acids is 1.